The number of aliphatic hydroxyl groups is 1. The Bertz CT molecular complexity index is 614. The van der Waals surface area contributed by atoms with Gasteiger partial charge in [-0.2, -0.15) is 0 Å². The Morgan fingerprint density at radius 3 is 2.35 bits per heavy atom. The normalized spacial score (nSPS) is 22.9. The second-order valence-corrected chi connectivity index (χ2v) is 7.44. The molecule has 1 unspecified atom stereocenters. The van der Waals surface area contributed by atoms with E-state index < -0.39 is 6.10 Å². The Labute approximate surface area is 155 Å². The molecule has 0 aliphatic carbocycles. The molecule has 142 valence electrons. The zero-order chi connectivity index (χ0) is 18.5. The number of carbonyl (C=O) groups excluding carboxylic acids is 2. The van der Waals surface area contributed by atoms with Crippen LogP contribution in [-0.2, 0) is 16.1 Å². The average Bonchev–Trinajstić information content (AvgIpc) is 2.83. The smallest absolute Gasteiger partial charge is 0.225 e. The van der Waals surface area contributed by atoms with E-state index in [4.69, 9.17) is 0 Å². The molecule has 6 heteroatoms. The van der Waals surface area contributed by atoms with Gasteiger partial charge in [0, 0.05) is 58.7 Å². The molecule has 3 rings (SSSR count). The molecule has 1 aromatic rings. The van der Waals surface area contributed by atoms with E-state index in [0.717, 1.165) is 25.9 Å². The Morgan fingerprint density at radius 2 is 1.69 bits per heavy atom. The molecular weight excluding hydrogens is 330 g/mol. The fraction of sp³-hybridized carbons (Fsp3) is 0.600. The number of β-amino-alcohol motifs (C(OH)–C–C–N with tert-alkyl or cyclic N) is 1. The van der Waals surface area contributed by atoms with Crippen molar-refractivity contribution in [3.8, 4) is 0 Å². The quantitative estimate of drug-likeness (QED) is 0.873. The van der Waals surface area contributed by atoms with Crippen LogP contribution in [0.2, 0.25) is 0 Å². The Balaban J connectivity index is 1.54. The van der Waals surface area contributed by atoms with Gasteiger partial charge in [0.25, 0.3) is 0 Å². The first-order chi connectivity index (χ1) is 12.5. The number of nitrogens with zero attached hydrogens (tertiary/aromatic N) is 3. The summed E-state index contributed by atoms with van der Waals surface area (Å²) in [6, 6.07) is 10.2. The van der Waals surface area contributed by atoms with Crippen LogP contribution in [0.25, 0.3) is 0 Å². The highest BCUT2D eigenvalue weighted by atomic mass is 16.3. The van der Waals surface area contributed by atoms with Crippen molar-refractivity contribution < 1.29 is 14.7 Å². The summed E-state index contributed by atoms with van der Waals surface area (Å²) in [7, 11) is 0. The summed E-state index contributed by atoms with van der Waals surface area (Å²) >= 11 is 0. The highest BCUT2D eigenvalue weighted by Gasteiger charge is 2.32. The van der Waals surface area contributed by atoms with Crippen LogP contribution in [0.3, 0.4) is 0 Å². The lowest BCUT2D eigenvalue weighted by Gasteiger charge is -2.33. The van der Waals surface area contributed by atoms with E-state index in [-0.39, 0.29) is 17.7 Å². The summed E-state index contributed by atoms with van der Waals surface area (Å²) in [4.78, 5) is 30.2. The highest BCUT2D eigenvalue weighted by Crippen LogP contribution is 2.21. The Hall–Kier alpha value is -1.92. The summed E-state index contributed by atoms with van der Waals surface area (Å²) in [5.41, 5.74) is 1.22. The zero-order valence-corrected chi connectivity index (χ0v) is 15.5. The van der Waals surface area contributed by atoms with Gasteiger partial charge in [-0.25, -0.2) is 0 Å². The summed E-state index contributed by atoms with van der Waals surface area (Å²) < 4.78 is 0. The Morgan fingerprint density at radius 1 is 1.00 bits per heavy atom. The second-order valence-electron chi connectivity index (χ2n) is 7.44. The van der Waals surface area contributed by atoms with Gasteiger partial charge < -0.3 is 14.9 Å². The fourth-order valence-corrected chi connectivity index (χ4v) is 3.94. The lowest BCUT2D eigenvalue weighted by atomic mass is 9.95. The molecule has 2 aliphatic heterocycles. The van der Waals surface area contributed by atoms with Gasteiger partial charge in [-0.1, -0.05) is 30.3 Å². The number of hydrogen-bond donors (Lipinski definition) is 1. The molecule has 0 bridgehead atoms. The van der Waals surface area contributed by atoms with Crippen molar-refractivity contribution in [2.75, 3.05) is 39.3 Å². The van der Waals surface area contributed by atoms with E-state index in [2.05, 4.69) is 17.0 Å². The first-order valence-corrected chi connectivity index (χ1v) is 9.51. The van der Waals surface area contributed by atoms with Crippen LogP contribution in [0.4, 0.5) is 0 Å². The molecule has 2 fully saturated rings. The largest absolute Gasteiger partial charge is 0.390 e. The predicted octanol–water partition coefficient (Wildman–Crippen LogP) is 0.950. The monoisotopic (exact) mass is 359 g/mol. The maximum atomic E-state index is 12.9. The zero-order valence-electron chi connectivity index (χ0n) is 15.5. The van der Waals surface area contributed by atoms with Crippen LogP contribution in [0, 0.1) is 5.92 Å². The molecular formula is C20H29N3O3. The van der Waals surface area contributed by atoms with Crippen molar-refractivity contribution in [3.05, 3.63) is 35.9 Å². The maximum Gasteiger partial charge on any atom is 0.225 e. The summed E-state index contributed by atoms with van der Waals surface area (Å²) in [5.74, 6) is 0.185. The van der Waals surface area contributed by atoms with Crippen molar-refractivity contribution >= 4 is 11.8 Å². The topological polar surface area (TPSA) is 64.1 Å². The van der Waals surface area contributed by atoms with Crippen LogP contribution >= 0.6 is 0 Å². The van der Waals surface area contributed by atoms with Gasteiger partial charge in [-0.05, 0) is 18.4 Å². The molecule has 26 heavy (non-hydrogen) atoms. The lowest BCUT2D eigenvalue weighted by Crippen LogP contribution is -2.46. The van der Waals surface area contributed by atoms with Crippen LogP contribution in [-0.4, -0.2) is 77.0 Å². The molecule has 0 radical (unpaired) electrons. The molecule has 1 N–H and O–H groups in total. The number of likely N-dealkylation sites (tertiary alicyclic amines) is 1. The molecule has 0 aromatic heterocycles. The van der Waals surface area contributed by atoms with E-state index in [1.54, 1.807) is 6.92 Å². The van der Waals surface area contributed by atoms with Crippen LogP contribution < -0.4 is 0 Å². The lowest BCUT2D eigenvalue weighted by molar-refractivity contribution is -0.140. The van der Waals surface area contributed by atoms with Crippen molar-refractivity contribution in [2.24, 2.45) is 5.92 Å². The predicted molar refractivity (Wildman–Crippen MR) is 99.3 cm³/mol. The molecule has 2 saturated heterocycles. The SMILES string of the molecule is CC(=O)N1CCC(C(=O)N2CCN(Cc3ccccc3)CC(O)C2)CC1. The van der Waals surface area contributed by atoms with Crippen molar-refractivity contribution in [1.82, 2.24) is 14.7 Å². The van der Waals surface area contributed by atoms with Crippen LogP contribution in [0.1, 0.15) is 25.3 Å². The van der Waals surface area contributed by atoms with E-state index >= 15 is 0 Å². The summed E-state index contributed by atoms with van der Waals surface area (Å²) in [6.45, 7) is 6.08. The van der Waals surface area contributed by atoms with E-state index in [1.807, 2.05) is 28.0 Å². The van der Waals surface area contributed by atoms with Crippen LogP contribution in [0.5, 0.6) is 0 Å². The molecule has 1 aromatic carbocycles. The standard InChI is InChI=1S/C20H29N3O3/c1-16(24)22-9-7-18(8-10-22)20(26)23-12-11-21(14-19(25)15-23)13-17-5-3-2-4-6-17/h2-6,18-19,25H,7-15H2,1H3. The second kappa shape index (κ2) is 8.64. The first kappa shape index (κ1) is 18.9. The van der Waals surface area contributed by atoms with Crippen molar-refractivity contribution in [1.29, 1.82) is 0 Å². The number of benzene rings is 1. The minimum Gasteiger partial charge on any atom is -0.390 e. The van der Waals surface area contributed by atoms with E-state index in [0.29, 0.717) is 32.7 Å². The Kier molecular flexibility index (Phi) is 6.27. The number of piperidine rings is 1. The van der Waals surface area contributed by atoms with Gasteiger partial charge in [0.2, 0.25) is 11.8 Å². The fourth-order valence-electron chi connectivity index (χ4n) is 3.94. The van der Waals surface area contributed by atoms with E-state index in [1.165, 1.54) is 5.56 Å². The third-order valence-electron chi connectivity index (χ3n) is 5.44. The summed E-state index contributed by atoms with van der Waals surface area (Å²) in [6.07, 6.45) is 0.916. The van der Waals surface area contributed by atoms with Gasteiger partial charge >= 0.3 is 0 Å². The number of amides is 2. The first-order valence-electron chi connectivity index (χ1n) is 9.51. The third-order valence-corrected chi connectivity index (χ3v) is 5.44. The highest BCUT2D eigenvalue weighted by molar-refractivity contribution is 5.80. The number of carbonyl (C=O) groups is 2. The molecule has 2 amide bonds. The molecule has 2 heterocycles. The van der Waals surface area contributed by atoms with E-state index in [9.17, 15) is 14.7 Å². The van der Waals surface area contributed by atoms with Gasteiger partial charge in [0.1, 0.15) is 0 Å². The minimum absolute atomic E-state index is 0.0292. The van der Waals surface area contributed by atoms with Gasteiger partial charge in [0.05, 0.1) is 6.10 Å². The molecule has 1 atom stereocenters. The molecule has 0 spiro atoms. The number of hydrogen-bond acceptors (Lipinski definition) is 4. The van der Waals surface area contributed by atoms with Gasteiger partial charge in [-0.15, -0.1) is 0 Å². The maximum absolute atomic E-state index is 12.9. The molecule has 6 nitrogen and oxygen atoms in total. The number of rotatable bonds is 3. The minimum atomic E-state index is -0.525. The van der Waals surface area contributed by atoms with Crippen molar-refractivity contribution in [3.63, 3.8) is 0 Å². The van der Waals surface area contributed by atoms with Gasteiger partial charge in [0.15, 0.2) is 0 Å². The third kappa shape index (κ3) is 4.83. The average molecular weight is 359 g/mol. The van der Waals surface area contributed by atoms with Gasteiger partial charge in [-0.3, -0.25) is 14.5 Å². The summed E-state index contributed by atoms with van der Waals surface area (Å²) in [5, 5.41) is 10.4. The molecule has 0 saturated carbocycles. The van der Waals surface area contributed by atoms with Crippen molar-refractivity contribution in [2.45, 2.75) is 32.4 Å². The number of aliphatic hydroxyl groups excluding tert-OH is 1. The molecule has 2 aliphatic rings. The van der Waals surface area contributed by atoms with Crippen LogP contribution in [0.15, 0.2) is 30.3 Å².